The van der Waals surface area contributed by atoms with Crippen LogP contribution in [0.3, 0.4) is 0 Å². The standard InChI is InChI=1S/C31H32N4O6S/c1-16(30(38)35-31-34-23-8-6-7-9-26(23)42-31)32-22-13-11-19-20(15-24(22)37)21(33-17(2)36)12-10-18-14-25(39-3)28(40-4)29(41-5)27(18)19/h6-9,11,13-16,21H,10,12H2,1-5H3,(H,32,37)(H,33,36)(H,34,35,38)/t16-,21-/m0/s1. The van der Waals surface area contributed by atoms with E-state index in [0.29, 0.717) is 46.3 Å². The summed E-state index contributed by atoms with van der Waals surface area (Å²) < 4.78 is 18.0. The summed E-state index contributed by atoms with van der Waals surface area (Å²) in [7, 11) is 4.65. The molecule has 1 aliphatic carbocycles. The van der Waals surface area contributed by atoms with Crippen molar-refractivity contribution in [1.82, 2.24) is 10.3 Å². The molecule has 2 amide bonds. The van der Waals surface area contributed by atoms with Gasteiger partial charge < -0.3 is 30.2 Å². The number of nitrogens with zero attached hydrogens (tertiary/aromatic N) is 1. The van der Waals surface area contributed by atoms with E-state index in [0.717, 1.165) is 21.3 Å². The lowest BCUT2D eigenvalue weighted by molar-refractivity contribution is -0.119. The molecular weight excluding hydrogens is 556 g/mol. The second kappa shape index (κ2) is 12.1. The summed E-state index contributed by atoms with van der Waals surface area (Å²) in [5, 5.41) is 9.37. The highest BCUT2D eigenvalue weighted by molar-refractivity contribution is 7.22. The van der Waals surface area contributed by atoms with Gasteiger partial charge in [0.25, 0.3) is 0 Å². The molecule has 0 saturated heterocycles. The number of hydrogen-bond acceptors (Lipinski definition) is 9. The lowest BCUT2D eigenvalue weighted by Gasteiger charge is -2.19. The van der Waals surface area contributed by atoms with Crippen molar-refractivity contribution in [3.05, 3.63) is 69.9 Å². The number of hydrogen-bond donors (Lipinski definition) is 3. The SMILES string of the molecule is COc1cc2c(c(OC)c1OC)-c1ccc(N[C@@H](C)C(=O)Nc3nc4ccccc4s3)c(=O)cc1[C@@H](NC(C)=O)CC2. The molecule has 1 heterocycles. The van der Waals surface area contributed by atoms with E-state index in [1.54, 1.807) is 27.2 Å². The first-order valence-electron chi connectivity index (χ1n) is 13.4. The molecule has 0 radical (unpaired) electrons. The molecule has 3 N–H and O–H groups in total. The van der Waals surface area contributed by atoms with Gasteiger partial charge >= 0.3 is 0 Å². The molecule has 11 heteroatoms. The molecule has 0 unspecified atom stereocenters. The van der Waals surface area contributed by atoms with Gasteiger partial charge in [0.15, 0.2) is 16.6 Å². The molecule has 10 nitrogen and oxygen atoms in total. The van der Waals surface area contributed by atoms with Crippen molar-refractivity contribution in [3.8, 4) is 28.4 Å². The summed E-state index contributed by atoms with van der Waals surface area (Å²) in [4.78, 5) is 43.2. The number of methoxy groups -OCH3 is 3. The van der Waals surface area contributed by atoms with Crippen LogP contribution in [-0.2, 0) is 16.0 Å². The fourth-order valence-corrected chi connectivity index (χ4v) is 6.13. The summed E-state index contributed by atoms with van der Waals surface area (Å²) >= 11 is 1.38. The fraction of sp³-hybridized carbons (Fsp3) is 0.290. The number of aryl methyl sites for hydroxylation is 1. The van der Waals surface area contributed by atoms with Crippen molar-refractivity contribution in [2.24, 2.45) is 0 Å². The Morgan fingerprint density at radius 2 is 1.79 bits per heavy atom. The monoisotopic (exact) mass is 588 g/mol. The fourth-order valence-electron chi connectivity index (χ4n) is 5.27. The number of nitrogens with one attached hydrogen (secondary N) is 3. The van der Waals surface area contributed by atoms with Crippen LogP contribution >= 0.6 is 11.3 Å². The Kier molecular flexibility index (Phi) is 8.30. The van der Waals surface area contributed by atoms with Gasteiger partial charge in [-0.3, -0.25) is 14.4 Å². The van der Waals surface area contributed by atoms with Gasteiger partial charge in [0, 0.05) is 12.5 Å². The highest BCUT2D eigenvalue weighted by Crippen LogP contribution is 2.50. The Bertz CT molecular complexity index is 1700. The smallest absolute Gasteiger partial charge is 0.248 e. The van der Waals surface area contributed by atoms with Gasteiger partial charge in [-0.05, 0) is 66.8 Å². The maximum Gasteiger partial charge on any atom is 0.248 e. The largest absolute Gasteiger partial charge is 0.493 e. The molecule has 3 aromatic carbocycles. The molecule has 5 rings (SSSR count). The first-order valence-corrected chi connectivity index (χ1v) is 14.3. The predicted molar refractivity (Wildman–Crippen MR) is 164 cm³/mol. The van der Waals surface area contributed by atoms with Crippen LogP contribution in [0, 0.1) is 0 Å². The molecule has 4 aromatic rings. The van der Waals surface area contributed by atoms with E-state index in [1.807, 2.05) is 36.4 Å². The maximum absolute atomic E-state index is 13.6. The molecule has 218 valence electrons. The van der Waals surface area contributed by atoms with Gasteiger partial charge in [-0.2, -0.15) is 0 Å². The van der Waals surface area contributed by atoms with Gasteiger partial charge in [-0.15, -0.1) is 0 Å². The number of fused-ring (bicyclic) bond motifs is 4. The minimum Gasteiger partial charge on any atom is -0.493 e. The number of ether oxygens (including phenoxy) is 3. The van der Waals surface area contributed by atoms with Gasteiger partial charge in [0.05, 0.1) is 43.3 Å². The van der Waals surface area contributed by atoms with E-state index in [-0.39, 0.29) is 22.9 Å². The van der Waals surface area contributed by atoms with Crippen molar-refractivity contribution in [1.29, 1.82) is 0 Å². The Morgan fingerprint density at radius 3 is 2.48 bits per heavy atom. The summed E-state index contributed by atoms with van der Waals surface area (Å²) in [5.41, 5.74) is 3.73. The van der Waals surface area contributed by atoms with E-state index in [4.69, 9.17) is 14.2 Å². The molecule has 0 bridgehead atoms. The van der Waals surface area contributed by atoms with Crippen LogP contribution in [0.2, 0.25) is 0 Å². The Balaban J connectivity index is 1.55. The normalized spacial score (nSPS) is 14.5. The van der Waals surface area contributed by atoms with E-state index in [2.05, 4.69) is 20.9 Å². The average molecular weight is 589 g/mol. The van der Waals surface area contributed by atoms with Crippen molar-refractivity contribution in [2.75, 3.05) is 32.0 Å². The lowest BCUT2D eigenvalue weighted by atomic mass is 9.95. The molecule has 1 aliphatic rings. The number of amides is 2. The number of rotatable bonds is 8. The zero-order valence-electron chi connectivity index (χ0n) is 24.0. The minimum absolute atomic E-state index is 0.212. The Labute approximate surface area is 247 Å². The number of aromatic nitrogens is 1. The van der Waals surface area contributed by atoms with Crippen molar-refractivity contribution in [3.63, 3.8) is 0 Å². The molecule has 0 aliphatic heterocycles. The van der Waals surface area contributed by atoms with Crippen LogP contribution in [0.15, 0.2) is 53.3 Å². The van der Waals surface area contributed by atoms with Crippen LogP contribution in [0.25, 0.3) is 21.3 Å². The first-order chi connectivity index (χ1) is 20.2. The molecular formula is C31H32N4O6S. The van der Waals surface area contributed by atoms with E-state index in [9.17, 15) is 14.4 Å². The second-order valence-electron chi connectivity index (χ2n) is 9.94. The van der Waals surface area contributed by atoms with Crippen LogP contribution in [-0.4, -0.2) is 44.2 Å². The number of para-hydroxylation sites is 1. The van der Waals surface area contributed by atoms with Crippen LogP contribution in [0.4, 0.5) is 10.8 Å². The number of benzene rings is 2. The van der Waals surface area contributed by atoms with E-state index < -0.39 is 12.1 Å². The minimum atomic E-state index is -0.746. The van der Waals surface area contributed by atoms with E-state index in [1.165, 1.54) is 31.4 Å². The lowest BCUT2D eigenvalue weighted by Crippen LogP contribution is -2.33. The molecule has 42 heavy (non-hydrogen) atoms. The first kappa shape index (κ1) is 28.9. The van der Waals surface area contributed by atoms with Crippen molar-refractivity contribution >= 4 is 44.2 Å². The van der Waals surface area contributed by atoms with Crippen LogP contribution in [0.5, 0.6) is 17.2 Å². The van der Waals surface area contributed by atoms with Crippen molar-refractivity contribution < 1.29 is 23.8 Å². The van der Waals surface area contributed by atoms with Gasteiger partial charge in [0.1, 0.15) is 6.04 Å². The number of carbonyl (C=O) groups excluding carboxylic acids is 2. The topological polar surface area (TPSA) is 128 Å². The molecule has 0 saturated carbocycles. The summed E-state index contributed by atoms with van der Waals surface area (Å²) in [6, 6.07) is 13.3. The molecule has 0 fully saturated rings. The highest BCUT2D eigenvalue weighted by atomic mass is 32.1. The predicted octanol–water partition coefficient (Wildman–Crippen LogP) is 4.91. The zero-order valence-corrected chi connectivity index (χ0v) is 24.8. The average Bonchev–Trinajstić information content (AvgIpc) is 3.24. The van der Waals surface area contributed by atoms with Crippen molar-refractivity contribution in [2.45, 2.75) is 38.8 Å². The molecule has 0 spiro atoms. The third-order valence-corrected chi connectivity index (χ3v) is 8.16. The molecule has 2 atom stereocenters. The number of thiazole rings is 1. The summed E-state index contributed by atoms with van der Waals surface area (Å²) in [5.74, 6) is 0.870. The summed E-state index contributed by atoms with van der Waals surface area (Å²) in [6.45, 7) is 3.12. The maximum atomic E-state index is 13.6. The third kappa shape index (κ3) is 5.60. The van der Waals surface area contributed by atoms with Gasteiger partial charge in [-0.1, -0.05) is 29.5 Å². The van der Waals surface area contributed by atoms with Gasteiger partial charge in [-0.25, -0.2) is 4.98 Å². The summed E-state index contributed by atoms with van der Waals surface area (Å²) in [6.07, 6.45) is 1.14. The van der Waals surface area contributed by atoms with E-state index >= 15 is 0 Å². The molecule has 1 aromatic heterocycles. The second-order valence-corrected chi connectivity index (χ2v) is 11.0. The highest BCUT2D eigenvalue weighted by Gasteiger charge is 2.29. The third-order valence-electron chi connectivity index (χ3n) is 7.21. The van der Waals surface area contributed by atoms with Crippen LogP contribution in [0.1, 0.15) is 37.4 Å². The number of carbonyl (C=O) groups is 2. The van der Waals surface area contributed by atoms with Gasteiger partial charge in [0.2, 0.25) is 23.0 Å². The Morgan fingerprint density at radius 1 is 1.02 bits per heavy atom. The van der Waals surface area contributed by atoms with Crippen LogP contribution < -0.4 is 35.6 Å². The Hall–Kier alpha value is -4.64. The quantitative estimate of drug-likeness (QED) is 0.265. The zero-order chi connectivity index (χ0) is 30.0. The number of anilines is 2.